The topological polar surface area (TPSA) is 9.23 Å². The van der Waals surface area contributed by atoms with E-state index in [1.54, 1.807) is 0 Å². The fourth-order valence-corrected chi connectivity index (χ4v) is 2.19. The predicted octanol–water partition coefficient (Wildman–Crippen LogP) is 4.69. The molecule has 16 heavy (non-hydrogen) atoms. The molecule has 0 unspecified atom stereocenters. The molecule has 1 aliphatic heterocycles. The van der Waals surface area contributed by atoms with E-state index in [2.05, 4.69) is 0 Å². The van der Waals surface area contributed by atoms with Crippen molar-refractivity contribution in [2.45, 2.75) is 6.42 Å². The van der Waals surface area contributed by atoms with Gasteiger partial charge in [0.05, 0.1) is 0 Å². The van der Waals surface area contributed by atoms with Crippen LogP contribution in [0.1, 0.15) is 11.1 Å². The van der Waals surface area contributed by atoms with Crippen LogP contribution in [-0.4, -0.2) is 0 Å². The summed E-state index contributed by atoms with van der Waals surface area (Å²) in [5.41, 5.74) is 2.30. The van der Waals surface area contributed by atoms with Crippen LogP contribution in [0.4, 0.5) is 0 Å². The van der Waals surface area contributed by atoms with Crippen LogP contribution in [-0.2, 0) is 6.42 Å². The van der Waals surface area contributed by atoms with Crippen molar-refractivity contribution in [2.24, 2.45) is 0 Å². The van der Waals surface area contributed by atoms with Crippen LogP contribution < -0.4 is 4.74 Å². The lowest BCUT2D eigenvalue weighted by molar-refractivity contribution is 0.460. The molecule has 0 fully saturated rings. The van der Waals surface area contributed by atoms with E-state index in [1.807, 2.05) is 36.4 Å². The zero-order valence-electron chi connectivity index (χ0n) is 8.34. The van der Waals surface area contributed by atoms with Gasteiger partial charge in [0.2, 0.25) is 0 Å². The van der Waals surface area contributed by atoms with Gasteiger partial charge < -0.3 is 4.74 Å². The summed E-state index contributed by atoms with van der Waals surface area (Å²) in [5, 5.41) is 1.37. The van der Waals surface area contributed by atoms with Crippen molar-refractivity contribution in [2.75, 3.05) is 0 Å². The molecule has 80 valence electrons. The maximum absolute atomic E-state index is 5.93. The third-order valence-electron chi connectivity index (χ3n) is 2.66. The highest BCUT2D eigenvalue weighted by Crippen LogP contribution is 2.38. The normalized spacial score (nSPS) is 12.6. The third-order valence-corrected chi connectivity index (χ3v) is 3.13. The summed E-state index contributed by atoms with van der Waals surface area (Å²) in [4.78, 5) is 0. The van der Waals surface area contributed by atoms with Gasteiger partial charge in [-0.3, -0.25) is 0 Å². The average molecular weight is 251 g/mol. The van der Waals surface area contributed by atoms with Crippen LogP contribution in [0.25, 0.3) is 0 Å². The molecule has 0 saturated heterocycles. The first-order chi connectivity index (χ1) is 7.72. The number of benzene rings is 2. The molecule has 1 nitrogen and oxygen atoms in total. The Morgan fingerprint density at radius 2 is 1.31 bits per heavy atom. The summed E-state index contributed by atoms with van der Waals surface area (Å²) >= 11 is 11.9. The van der Waals surface area contributed by atoms with Crippen LogP contribution in [0.3, 0.4) is 0 Å². The number of hydrogen-bond donors (Lipinski definition) is 0. The molecule has 0 N–H and O–H groups in total. The summed E-state index contributed by atoms with van der Waals surface area (Å²) in [5.74, 6) is 1.64. The van der Waals surface area contributed by atoms with Crippen molar-refractivity contribution in [1.82, 2.24) is 0 Å². The summed E-state index contributed by atoms with van der Waals surface area (Å²) in [6, 6.07) is 11.4. The Hall–Kier alpha value is -1.18. The Bertz CT molecular complexity index is 514. The first-order valence-electron chi connectivity index (χ1n) is 4.97. The molecular weight excluding hydrogens is 243 g/mol. The van der Waals surface area contributed by atoms with Gasteiger partial charge in [-0.25, -0.2) is 0 Å². The van der Waals surface area contributed by atoms with Gasteiger partial charge in [-0.1, -0.05) is 35.3 Å². The largest absolute Gasteiger partial charge is 0.457 e. The third kappa shape index (κ3) is 1.66. The first-order valence-corrected chi connectivity index (χ1v) is 5.73. The number of fused-ring (bicyclic) bond motifs is 2. The van der Waals surface area contributed by atoms with Crippen LogP contribution in [0.5, 0.6) is 11.5 Å². The molecule has 0 aliphatic carbocycles. The molecule has 0 saturated carbocycles. The molecule has 2 aromatic rings. The van der Waals surface area contributed by atoms with Crippen LogP contribution in [0, 0.1) is 0 Å². The maximum atomic E-state index is 5.93. The molecule has 0 amide bonds. The van der Waals surface area contributed by atoms with Crippen molar-refractivity contribution < 1.29 is 4.74 Å². The molecule has 3 rings (SSSR count). The average Bonchev–Trinajstić information content (AvgIpc) is 2.26. The number of halogens is 2. The standard InChI is InChI=1S/C13H8Cl2O/c14-10-3-1-8-5-9-2-4-11(15)7-13(9)16-12(8)6-10/h1-4,6-7H,5H2. The van der Waals surface area contributed by atoms with Crippen LogP contribution in [0.2, 0.25) is 10.0 Å². The number of hydrogen-bond acceptors (Lipinski definition) is 1. The van der Waals surface area contributed by atoms with Crippen LogP contribution in [0.15, 0.2) is 36.4 Å². The summed E-state index contributed by atoms with van der Waals surface area (Å²) in [6.45, 7) is 0. The monoisotopic (exact) mass is 250 g/mol. The minimum Gasteiger partial charge on any atom is -0.457 e. The van der Waals surface area contributed by atoms with E-state index in [0.717, 1.165) is 29.0 Å². The van der Waals surface area contributed by atoms with E-state index in [-0.39, 0.29) is 0 Å². The van der Waals surface area contributed by atoms with Gasteiger partial charge in [0.25, 0.3) is 0 Å². The Morgan fingerprint density at radius 1 is 0.812 bits per heavy atom. The Kier molecular flexibility index (Phi) is 2.31. The molecule has 0 bridgehead atoms. The fourth-order valence-electron chi connectivity index (χ4n) is 1.86. The lowest BCUT2D eigenvalue weighted by Gasteiger charge is -2.20. The van der Waals surface area contributed by atoms with Gasteiger partial charge >= 0.3 is 0 Å². The Morgan fingerprint density at radius 3 is 1.81 bits per heavy atom. The molecule has 0 spiro atoms. The van der Waals surface area contributed by atoms with Crippen molar-refractivity contribution >= 4 is 23.2 Å². The zero-order valence-corrected chi connectivity index (χ0v) is 9.85. The molecule has 1 heterocycles. The van der Waals surface area contributed by atoms with E-state index in [4.69, 9.17) is 27.9 Å². The minimum absolute atomic E-state index is 0.684. The smallest absolute Gasteiger partial charge is 0.132 e. The number of rotatable bonds is 0. The van der Waals surface area contributed by atoms with Gasteiger partial charge in [-0.05, 0) is 35.4 Å². The summed E-state index contributed by atoms with van der Waals surface area (Å²) in [7, 11) is 0. The molecular formula is C13H8Cl2O. The lowest BCUT2D eigenvalue weighted by atomic mass is 10.0. The highest BCUT2D eigenvalue weighted by atomic mass is 35.5. The van der Waals surface area contributed by atoms with E-state index in [1.165, 1.54) is 0 Å². The molecule has 0 aromatic heterocycles. The van der Waals surface area contributed by atoms with Gasteiger partial charge in [-0.15, -0.1) is 0 Å². The molecule has 0 atom stereocenters. The van der Waals surface area contributed by atoms with E-state index >= 15 is 0 Å². The highest BCUT2D eigenvalue weighted by molar-refractivity contribution is 6.31. The predicted molar refractivity (Wildman–Crippen MR) is 65.8 cm³/mol. The molecule has 3 heteroatoms. The second-order valence-electron chi connectivity index (χ2n) is 3.78. The van der Waals surface area contributed by atoms with Gasteiger partial charge in [0.1, 0.15) is 11.5 Å². The summed E-state index contributed by atoms with van der Waals surface area (Å²) < 4.78 is 5.77. The first kappa shape index (κ1) is 10.0. The molecule has 2 aromatic carbocycles. The maximum Gasteiger partial charge on any atom is 0.132 e. The Labute approximate surface area is 104 Å². The zero-order chi connectivity index (χ0) is 11.1. The Balaban J connectivity index is 2.10. The van der Waals surface area contributed by atoms with E-state index < -0.39 is 0 Å². The highest BCUT2D eigenvalue weighted by Gasteiger charge is 2.17. The molecule has 0 radical (unpaired) electrons. The van der Waals surface area contributed by atoms with Crippen molar-refractivity contribution in [3.05, 3.63) is 57.6 Å². The second-order valence-corrected chi connectivity index (χ2v) is 4.66. The van der Waals surface area contributed by atoms with Gasteiger partial charge in [0.15, 0.2) is 0 Å². The fraction of sp³-hybridized carbons (Fsp3) is 0.0769. The van der Waals surface area contributed by atoms with E-state index in [9.17, 15) is 0 Å². The van der Waals surface area contributed by atoms with Gasteiger partial charge in [0, 0.05) is 16.5 Å². The van der Waals surface area contributed by atoms with Crippen LogP contribution >= 0.6 is 23.2 Å². The van der Waals surface area contributed by atoms with Crippen molar-refractivity contribution in [1.29, 1.82) is 0 Å². The van der Waals surface area contributed by atoms with E-state index in [0.29, 0.717) is 10.0 Å². The summed E-state index contributed by atoms with van der Waals surface area (Å²) in [6.07, 6.45) is 0.860. The lowest BCUT2D eigenvalue weighted by Crippen LogP contribution is -2.02. The quantitative estimate of drug-likeness (QED) is 0.563. The molecule has 1 aliphatic rings. The second kappa shape index (κ2) is 3.69. The van der Waals surface area contributed by atoms with Crippen molar-refractivity contribution in [3.63, 3.8) is 0 Å². The number of ether oxygens (including phenoxy) is 1. The minimum atomic E-state index is 0.684. The van der Waals surface area contributed by atoms with Crippen molar-refractivity contribution in [3.8, 4) is 11.5 Å². The van der Waals surface area contributed by atoms with Gasteiger partial charge in [-0.2, -0.15) is 0 Å². The SMILES string of the molecule is Clc1ccc2c(c1)Oc1cc(Cl)ccc1C2.